The van der Waals surface area contributed by atoms with Crippen molar-refractivity contribution in [2.45, 2.75) is 82.7 Å². The number of fused-ring (bicyclic) bond motifs is 2. The fraction of sp³-hybridized carbons (Fsp3) is 0.895. The minimum Gasteiger partial charge on any atom is -0.351 e. The summed E-state index contributed by atoms with van der Waals surface area (Å²) in [4.78, 5) is 24.3. The highest BCUT2D eigenvalue weighted by Gasteiger charge is 2.39. The molecule has 0 aliphatic heterocycles. The molecule has 0 saturated heterocycles. The first-order valence-electron chi connectivity index (χ1n) is 9.93. The van der Waals surface area contributed by atoms with Crippen molar-refractivity contribution in [3.8, 4) is 0 Å². The maximum atomic E-state index is 12.3. The number of hydrogen-bond donors (Lipinski definition) is 3. The van der Waals surface area contributed by atoms with Gasteiger partial charge in [0, 0.05) is 18.5 Å². The highest BCUT2D eigenvalue weighted by molar-refractivity contribution is 5.84. The molecule has 3 rings (SSSR count). The predicted octanol–water partition coefficient (Wildman–Crippen LogP) is 2.10. The lowest BCUT2D eigenvalue weighted by Gasteiger charge is -2.45. The van der Waals surface area contributed by atoms with Gasteiger partial charge in [-0.2, -0.15) is 0 Å². The Morgan fingerprint density at radius 3 is 2.21 bits per heavy atom. The first-order chi connectivity index (χ1) is 11.6. The molecule has 3 fully saturated rings. The van der Waals surface area contributed by atoms with E-state index in [2.05, 4.69) is 10.6 Å². The zero-order valence-electron chi connectivity index (χ0n) is 14.8. The Hall–Kier alpha value is -1.10. The Kier molecular flexibility index (Phi) is 6.14. The molecule has 3 saturated carbocycles. The Morgan fingerprint density at radius 2 is 1.54 bits per heavy atom. The molecule has 3 aliphatic rings. The van der Waals surface area contributed by atoms with Crippen molar-refractivity contribution in [3.63, 3.8) is 0 Å². The Balaban J connectivity index is 1.40. The van der Waals surface area contributed by atoms with Crippen LogP contribution in [-0.2, 0) is 9.59 Å². The van der Waals surface area contributed by atoms with Gasteiger partial charge in [0.1, 0.15) is 0 Å². The standard InChI is InChI=1S/C19H33N3O2/c20-16-10-14-7-4-8-15(11-16)19(14)22-18(24)12-21-17(23)9-13-5-2-1-3-6-13/h13-16,19H,1-12,20H2,(H,21,23)(H,22,24). The number of carbonyl (C=O) groups is 2. The van der Waals surface area contributed by atoms with Crippen molar-refractivity contribution in [1.82, 2.24) is 10.6 Å². The summed E-state index contributed by atoms with van der Waals surface area (Å²) >= 11 is 0. The summed E-state index contributed by atoms with van der Waals surface area (Å²) in [5.74, 6) is 1.55. The van der Waals surface area contributed by atoms with Gasteiger partial charge in [0.15, 0.2) is 0 Å². The normalized spacial score (nSPS) is 33.7. The molecular formula is C19H33N3O2. The van der Waals surface area contributed by atoms with Crippen LogP contribution in [0, 0.1) is 17.8 Å². The molecule has 2 bridgehead atoms. The van der Waals surface area contributed by atoms with Crippen LogP contribution in [0.5, 0.6) is 0 Å². The Labute approximate surface area is 145 Å². The lowest BCUT2D eigenvalue weighted by atomic mass is 9.67. The second kappa shape index (κ2) is 8.32. The first-order valence-corrected chi connectivity index (χ1v) is 9.93. The Morgan fingerprint density at radius 1 is 0.875 bits per heavy atom. The van der Waals surface area contributed by atoms with Gasteiger partial charge in [0.2, 0.25) is 11.8 Å². The average Bonchev–Trinajstić information content (AvgIpc) is 2.55. The van der Waals surface area contributed by atoms with E-state index in [1.54, 1.807) is 0 Å². The minimum absolute atomic E-state index is 0.0305. The number of hydrogen-bond acceptors (Lipinski definition) is 3. The van der Waals surface area contributed by atoms with Crippen LogP contribution in [-0.4, -0.2) is 30.4 Å². The highest BCUT2D eigenvalue weighted by Crippen LogP contribution is 2.39. The Bertz CT molecular complexity index is 434. The van der Waals surface area contributed by atoms with E-state index in [0.29, 0.717) is 30.2 Å². The quantitative estimate of drug-likeness (QED) is 0.719. The molecule has 2 atom stereocenters. The van der Waals surface area contributed by atoms with E-state index < -0.39 is 0 Å². The van der Waals surface area contributed by atoms with Gasteiger partial charge >= 0.3 is 0 Å². The lowest BCUT2D eigenvalue weighted by Crippen LogP contribution is -2.55. The van der Waals surface area contributed by atoms with Crippen LogP contribution in [0.25, 0.3) is 0 Å². The van der Waals surface area contributed by atoms with Crippen molar-refractivity contribution in [1.29, 1.82) is 0 Å². The van der Waals surface area contributed by atoms with Gasteiger partial charge in [-0.15, -0.1) is 0 Å². The average molecular weight is 335 g/mol. The second-order valence-electron chi connectivity index (χ2n) is 8.26. The van der Waals surface area contributed by atoms with Crippen molar-refractivity contribution < 1.29 is 9.59 Å². The molecule has 2 unspecified atom stereocenters. The third-order valence-electron chi connectivity index (χ3n) is 6.35. The second-order valence-corrected chi connectivity index (χ2v) is 8.26. The van der Waals surface area contributed by atoms with Gasteiger partial charge in [-0.05, 0) is 56.3 Å². The van der Waals surface area contributed by atoms with Crippen molar-refractivity contribution >= 4 is 11.8 Å². The van der Waals surface area contributed by atoms with Crippen molar-refractivity contribution in [2.24, 2.45) is 23.5 Å². The molecule has 4 N–H and O–H groups in total. The van der Waals surface area contributed by atoms with Gasteiger partial charge in [-0.3, -0.25) is 9.59 Å². The third-order valence-corrected chi connectivity index (χ3v) is 6.35. The summed E-state index contributed by atoms with van der Waals surface area (Å²) in [5, 5.41) is 6.01. The van der Waals surface area contributed by atoms with Crippen LogP contribution in [0.1, 0.15) is 70.6 Å². The number of carbonyl (C=O) groups excluding carboxylic acids is 2. The van der Waals surface area contributed by atoms with E-state index in [4.69, 9.17) is 5.73 Å². The summed E-state index contributed by atoms with van der Waals surface area (Å²) in [7, 11) is 0. The molecule has 5 nitrogen and oxygen atoms in total. The molecule has 3 aliphatic carbocycles. The van der Waals surface area contributed by atoms with E-state index in [1.165, 1.54) is 38.5 Å². The monoisotopic (exact) mass is 335 g/mol. The molecule has 5 heteroatoms. The molecule has 24 heavy (non-hydrogen) atoms. The summed E-state index contributed by atoms with van der Waals surface area (Å²) in [5.41, 5.74) is 6.14. The minimum atomic E-state index is -0.0376. The van der Waals surface area contributed by atoms with Crippen molar-refractivity contribution in [3.05, 3.63) is 0 Å². The van der Waals surface area contributed by atoms with Gasteiger partial charge in [-0.1, -0.05) is 25.7 Å². The molecule has 2 amide bonds. The van der Waals surface area contributed by atoms with E-state index in [9.17, 15) is 9.59 Å². The van der Waals surface area contributed by atoms with E-state index in [-0.39, 0.29) is 24.4 Å². The molecule has 0 aromatic rings. The summed E-state index contributed by atoms with van der Waals surface area (Å²) in [6, 6.07) is 0.560. The largest absolute Gasteiger partial charge is 0.351 e. The number of nitrogens with two attached hydrogens (primary N) is 1. The van der Waals surface area contributed by atoms with Gasteiger partial charge in [-0.25, -0.2) is 0 Å². The van der Waals surface area contributed by atoms with Crippen LogP contribution < -0.4 is 16.4 Å². The molecule has 136 valence electrons. The van der Waals surface area contributed by atoms with E-state index >= 15 is 0 Å². The van der Waals surface area contributed by atoms with E-state index in [0.717, 1.165) is 25.7 Å². The number of nitrogens with one attached hydrogen (secondary N) is 2. The van der Waals surface area contributed by atoms with Crippen molar-refractivity contribution in [2.75, 3.05) is 6.54 Å². The van der Waals surface area contributed by atoms with Crippen LogP contribution in [0.4, 0.5) is 0 Å². The van der Waals surface area contributed by atoms with Crippen LogP contribution in [0.2, 0.25) is 0 Å². The third kappa shape index (κ3) is 4.71. The summed E-state index contributed by atoms with van der Waals surface area (Å²) in [6.45, 7) is 0.119. The van der Waals surface area contributed by atoms with Gasteiger partial charge in [0.25, 0.3) is 0 Å². The number of rotatable bonds is 5. The lowest BCUT2D eigenvalue weighted by molar-refractivity contribution is -0.127. The SMILES string of the molecule is NC1CC2CCCC(C1)C2NC(=O)CNC(=O)CC1CCCCC1. The topological polar surface area (TPSA) is 84.2 Å². The molecular weight excluding hydrogens is 302 g/mol. The first kappa shape index (κ1) is 17.7. The zero-order valence-corrected chi connectivity index (χ0v) is 14.8. The molecule has 0 spiro atoms. The summed E-state index contributed by atoms with van der Waals surface area (Å²) in [6.07, 6.45) is 12.3. The van der Waals surface area contributed by atoms with E-state index in [1.807, 2.05) is 0 Å². The molecule has 0 heterocycles. The molecule has 0 radical (unpaired) electrons. The van der Waals surface area contributed by atoms with Gasteiger partial charge < -0.3 is 16.4 Å². The van der Waals surface area contributed by atoms with Crippen LogP contribution in [0.15, 0.2) is 0 Å². The molecule has 0 aromatic carbocycles. The zero-order chi connectivity index (χ0) is 16.9. The smallest absolute Gasteiger partial charge is 0.239 e. The molecule has 0 aromatic heterocycles. The predicted molar refractivity (Wildman–Crippen MR) is 94.2 cm³/mol. The summed E-state index contributed by atoms with van der Waals surface area (Å²) < 4.78 is 0. The maximum absolute atomic E-state index is 12.3. The highest BCUT2D eigenvalue weighted by atomic mass is 16.2. The van der Waals surface area contributed by atoms with Crippen LogP contribution in [0.3, 0.4) is 0 Å². The fourth-order valence-corrected chi connectivity index (χ4v) is 5.17. The number of amides is 2. The maximum Gasteiger partial charge on any atom is 0.239 e. The fourth-order valence-electron chi connectivity index (χ4n) is 5.17. The van der Waals surface area contributed by atoms with Crippen LogP contribution >= 0.6 is 0 Å². The van der Waals surface area contributed by atoms with Gasteiger partial charge in [0.05, 0.1) is 6.54 Å².